The molecule has 0 unspecified atom stereocenters. The van der Waals surface area contributed by atoms with Crippen molar-refractivity contribution < 1.29 is 4.79 Å². The zero-order valence-corrected chi connectivity index (χ0v) is 10.2. The standard InChI is InChI=1S/C10H10BrClN2O/c1-6(12)5-14-10(15)7-2-8(11)4-9(13)3-7/h2-4H,1,5,13H2,(H,14,15). The summed E-state index contributed by atoms with van der Waals surface area (Å²) in [6.45, 7) is 3.72. The van der Waals surface area contributed by atoms with Crippen LogP contribution < -0.4 is 11.1 Å². The van der Waals surface area contributed by atoms with Gasteiger partial charge in [-0.1, -0.05) is 34.1 Å². The van der Waals surface area contributed by atoms with Gasteiger partial charge in [-0.2, -0.15) is 0 Å². The number of benzene rings is 1. The zero-order valence-electron chi connectivity index (χ0n) is 7.89. The molecule has 3 N–H and O–H groups in total. The van der Waals surface area contributed by atoms with Gasteiger partial charge in [-0.05, 0) is 18.2 Å². The molecule has 0 radical (unpaired) electrons. The highest BCUT2D eigenvalue weighted by Gasteiger charge is 2.06. The van der Waals surface area contributed by atoms with Crippen LogP contribution in [0.15, 0.2) is 34.3 Å². The van der Waals surface area contributed by atoms with E-state index in [-0.39, 0.29) is 12.5 Å². The van der Waals surface area contributed by atoms with Crippen molar-refractivity contribution in [3.63, 3.8) is 0 Å². The molecule has 0 aromatic heterocycles. The number of hydrogen-bond donors (Lipinski definition) is 2. The van der Waals surface area contributed by atoms with Crippen LogP contribution in [0.4, 0.5) is 5.69 Å². The molecule has 0 bridgehead atoms. The Hall–Kier alpha value is -1.00. The summed E-state index contributed by atoms with van der Waals surface area (Å²) in [6, 6.07) is 5.00. The van der Waals surface area contributed by atoms with E-state index < -0.39 is 0 Å². The molecule has 1 rings (SSSR count). The molecule has 0 aliphatic heterocycles. The second-order valence-electron chi connectivity index (χ2n) is 2.97. The van der Waals surface area contributed by atoms with E-state index in [1.165, 1.54) is 0 Å². The summed E-state index contributed by atoms with van der Waals surface area (Å²) in [5, 5.41) is 2.99. The predicted octanol–water partition coefficient (Wildman–Crippen LogP) is 2.51. The fraction of sp³-hybridized carbons (Fsp3) is 0.100. The molecule has 1 aromatic carbocycles. The first-order valence-electron chi connectivity index (χ1n) is 4.16. The van der Waals surface area contributed by atoms with Crippen LogP contribution in [-0.4, -0.2) is 12.5 Å². The van der Waals surface area contributed by atoms with E-state index in [9.17, 15) is 4.79 Å². The van der Waals surface area contributed by atoms with E-state index in [1.54, 1.807) is 18.2 Å². The predicted molar refractivity (Wildman–Crippen MR) is 65.9 cm³/mol. The van der Waals surface area contributed by atoms with Crippen LogP contribution in [0.3, 0.4) is 0 Å². The lowest BCUT2D eigenvalue weighted by molar-refractivity contribution is 0.0957. The Morgan fingerprint density at radius 3 is 2.73 bits per heavy atom. The number of hydrogen-bond acceptors (Lipinski definition) is 2. The molecule has 80 valence electrons. The number of carbonyl (C=O) groups is 1. The average Bonchev–Trinajstić information content (AvgIpc) is 2.12. The first kappa shape index (κ1) is 12.1. The highest BCUT2D eigenvalue weighted by Crippen LogP contribution is 2.17. The molecule has 0 saturated carbocycles. The van der Waals surface area contributed by atoms with E-state index in [0.717, 1.165) is 4.47 Å². The van der Waals surface area contributed by atoms with Gasteiger partial charge in [-0.25, -0.2) is 0 Å². The van der Waals surface area contributed by atoms with Crippen LogP contribution >= 0.6 is 27.5 Å². The van der Waals surface area contributed by atoms with Gasteiger partial charge in [-0.3, -0.25) is 4.79 Å². The van der Waals surface area contributed by atoms with Crippen molar-refractivity contribution in [2.75, 3.05) is 12.3 Å². The summed E-state index contributed by atoms with van der Waals surface area (Å²) in [7, 11) is 0. The lowest BCUT2D eigenvalue weighted by Gasteiger charge is -2.05. The van der Waals surface area contributed by atoms with E-state index in [1.807, 2.05) is 0 Å². The third kappa shape index (κ3) is 3.93. The number of nitrogens with two attached hydrogens (primary N) is 1. The van der Waals surface area contributed by atoms with Gasteiger partial charge in [0.15, 0.2) is 0 Å². The van der Waals surface area contributed by atoms with Crippen molar-refractivity contribution in [2.45, 2.75) is 0 Å². The fourth-order valence-electron chi connectivity index (χ4n) is 1.02. The van der Waals surface area contributed by atoms with Crippen molar-refractivity contribution in [1.82, 2.24) is 5.32 Å². The highest BCUT2D eigenvalue weighted by molar-refractivity contribution is 9.10. The van der Waals surface area contributed by atoms with Crippen molar-refractivity contribution in [1.29, 1.82) is 0 Å². The summed E-state index contributed by atoms with van der Waals surface area (Å²) in [5.41, 5.74) is 6.61. The van der Waals surface area contributed by atoms with Gasteiger partial charge in [0, 0.05) is 20.8 Å². The van der Waals surface area contributed by atoms with Gasteiger partial charge in [-0.15, -0.1) is 0 Å². The van der Waals surface area contributed by atoms with E-state index in [4.69, 9.17) is 17.3 Å². The van der Waals surface area contributed by atoms with Crippen LogP contribution in [0, 0.1) is 0 Å². The lowest BCUT2D eigenvalue weighted by atomic mass is 10.2. The molecule has 1 aromatic rings. The SMILES string of the molecule is C=C(Cl)CNC(=O)c1cc(N)cc(Br)c1. The summed E-state index contributed by atoms with van der Waals surface area (Å²) < 4.78 is 0.761. The van der Waals surface area contributed by atoms with E-state index in [0.29, 0.717) is 16.3 Å². The van der Waals surface area contributed by atoms with Crippen molar-refractivity contribution in [2.24, 2.45) is 0 Å². The van der Waals surface area contributed by atoms with Gasteiger partial charge in [0.2, 0.25) is 0 Å². The lowest BCUT2D eigenvalue weighted by Crippen LogP contribution is -2.24. The molecule has 0 saturated heterocycles. The maximum absolute atomic E-state index is 11.6. The molecule has 0 fully saturated rings. The molecule has 0 atom stereocenters. The third-order valence-electron chi connectivity index (χ3n) is 1.62. The maximum Gasteiger partial charge on any atom is 0.251 e. The van der Waals surface area contributed by atoms with E-state index >= 15 is 0 Å². The van der Waals surface area contributed by atoms with Crippen LogP contribution in [0.1, 0.15) is 10.4 Å². The third-order valence-corrected chi connectivity index (χ3v) is 2.21. The number of carbonyl (C=O) groups excluding carboxylic acids is 1. The van der Waals surface area contributed by atoms with Crippen LogP contribution in [0.2, 0.25) is 0 Å². The summed E-state index contributed by atoms with van der Waals surface area (Å²) >= 11 is 8.79. The molecule has 15 heavy (non-hydrogen) atoms. The molecule has 0 spiro atoms. The quantitative estimate of drug-likeness (QED) is 0.840. The molecule has 1 amide bonds. The van der Waals surface area contributed by atoms with Crippen molar-refractivity contribution >= 4 is 39.1 Å². The fourth-order valence-corrected chi connectivity index (χ4v) is 1.60. The number of rotatable bonds is 3. The normalized spacial score (nSPS) is 9.73. The minimum absolute atomic E-state index is 0.232. The largest absolute Gasteiger partial charge is 0.399 e. The van der Waals surface area contributed by atoms with Gasteiger partial charge >= 0.3 is 0 Å². The van der Waals surface area contributed by atoms with Gasteiger partial charge in [0.05, 0.1) is 6.54 Å². The second kappa shape index (κ2) is 5.19. The van der Waals surface area contributed by atoms with Crippen LogP contribution in [0.25, 0.3) is 0 Å². The number of anilines is 1. The number of nitrogens with one attached hydrogen (secondary N) is 1. The minimum atomic E-state index is -0.232. The second-order valence-corrected chi connectivity index (χ2v) is 4.42. The van der Waals surface area contributed by atoms with Gasteiger partial charge < -0.3 is 11.1 Å². The number of halogens is 2. The summed E-state index contributed by atoms with van der Waals surface area (Å²) in [4.78, 5) is 11.6. The van der Waals surface area contributed by atoms with Crippen molar-refractivity contribution in [3.8, 4) is 0 Å². The molecular formula is C10H10BrClN2O. The van der Waals surface area contributed by atoms with Gasteiger partial charge in [0.25, 0.3) is 5.91 Å². The maximum atomic E-state index is 11.6. The highest BCUT2D eigenvalue weighted by atomic mass is 79.9. The Morgan fingerprint density at radius 1 is 1.53 bits per heavy atom. The first-order valence-corrected chi connectivity index (χ1v) is 5.33. The van der Waals surface area contributed by atoms with Gasteiger partial charge in [0.1, 0.15) is 0 Å². The Balaban J connectivity index is 2.77. The summed E-state index contributed by atoms with van der Waals surface area (Å²) in [5.74, 6) is -0.232. The molecular weight excluding hydrogens is 279 g/mol. The Morgan fingerprint density at radius 2 is 2.20 bits per heavy atom. The monoisotopic (exact) mass is 288 g/mol. The smallest absolute Gasteiger partial charge is 0.251 e. The Labute approximate surface area is 101 Å². The Kier molecular flexibility index (Phi) is 4.17. The number of nitrogen functional groups attached to an aromatic ring is 1. The first-order chi connectivity index (χ1) is 6.99. The van der Waals surface area contributed by atoms with Crippen molar-refractivity contribution in [3.05, 3.63) is 39.8 Å². The zero-order chi connectivity index (χ0) is 11.4. The molecule has 0 heterocycles. The van der Waals surface area contributed by atoms with Crippen LogP contribution in [-0.2, 0) is 0 Å². The minimum Gasteiger partial charge on any atom is -0.399 e. The average molecular weight is 290 g/mol. The molecule has 5 heteroatoms. The van der Waals surface area contributed by atoms with Crippen LogP contribution in [0.5, 0.6) is 0 Å². The number of amides is 1. The summed E-state index contributed by atoms with van der Waals surface area (Å²) in [6.07, 6.45) is 0. The topological polar surface area (TPSA) is 55.1 Å². The molecule has 0 aliphatic carbocycles. The molecule has 3 nitrogen and oxygen atoms in total. The molecule has 0 aliphatic rings. The Bertz CT molecular complexity index is 386. The van der Waals surface area contributed by atoms with E-state index in [2.05, 4.69) is 27.8 Å².